The predicted molar refractivity (Wildman–Crippen MR) is 78.8 cm³/mol. The molecule has 0 bridgehead atoms. The Labute approximate surface area is 124 Å². The molecule has 1 N–H and O–H groups in total. The summed E-state index contributed by atoms with van der Waals surface area (Å²) in [6, 6.07) is 0.300. The van der Waals surface area contributed by atoms with Gasteiger partial charge in [-0.15, -0.1) is 0 Å². The van der Waals surface area contributed by atoms with Crippen molar-refractivity contribution in [1.82, 2.24) is 15.1 Å². The van der Waals surface area contributed by atoms with Crippen LogP contribution in [-0.2, 0) is 14.3 Å². The Balaban J connectivity index is 1.72. The van der Waals surface area contributed by atoms with Gasteiger partial charge in [0.25, 0.3) is 0 Å². The molecule has 2 aliphatic rings. The molecule has 0 radical (unpaired) electrons. The molecule has 0 aromatic rings. The summed E-state index contributed by atoms with van der Waals surface area (Å²) in [7, 11) is 1.52. The zero-order chi connectivity index (χ0) is 14.4. The number of amides is 2. The SMILES string of the molecule is COCC(=O)N1CCN(C(=O)CC2CSCCN2)CC1. The Morgan fingerprint density at radius 2 is 1.85 bits per heavy atom. The summed E-state index contributed by atoms with van der Waals surface area (Å²) in [4.78, 5) is 27.5. The summed E-state index contributed by atoms with van der Waals surface area (Å²) >= 11 is 1.90. The number of rotatable bonds is 4. The van der Waals surface area contributed by atoms with Gasteiger partial charge in [-0.2, -0.15) is 11.8 Å². The lowest BCUT2D eigenvalue weighted by atomic mass is 10.2. The third-order valence-electron chi connectivity index (χ3n) is 3.67. The Hall–Kier alpha value is -0.790. The molecule has 0 aliphatic carbocycles. The van der Waals surface area contributed by atoms with E-state index in [1.54, 1.807) is 4.90 Å². The van der Waals surface area contributed by atoms with E-state index in [4.69, 9.17) is 4.74 Å². The highest BCUT2D eigenvalue weighted by Crippen LogP contribution is 2.12. The highest BCUT2D eigenvalue weighted by atomic mass is 32.2. The highest BCUT2D eigenvalue weighted by molar-refractivity contribution is 7.99. The fourth-order valence-corrected chi connectivity index (χ4v) is 3.46. The summed E-state index contributed by atoms with van der Waals surface area (Å²) in [6.45, 7) is 3.60. The van der Waals surface area contributed by atoms with E-state index >= 15 is 0 Å². The monoisotopic (exact) mass is 301 g/mol. The second-order valence-electron chi connectivity index (χ2n) is 5.12. The smallest absolute Gasteiger partial charge is 0.248 e. The van der Waals surface area contributed by atoms with Crippen molar-refractivity contribution in [1.29, 1.82) is 0 Å². The molecule has 1 atom stereocenters. The zero-order valence-electron chi connectivity index (χ0n) is 12.0. The average molecular weight is 301 g/mol. The fourth-order valence-electron chi connectivity index (χ4n) is 2.51. The van der Waals surface area contributed by atoms with Gasteiger partial charge in [0.1, 0.15) is 6.61 Å². The number of thioether (sulfide) groups is 1. The van der Waals surface area contributed by atoms with Crippen LogP contribution in [0.5, 0.6) is 0 Å². The molecule has 0 saturated carbocycles. The molecule has 2 saturated heterocycles. The second-order valence-corrected chi connectivity index (χ2v) is 6.27. The maximum absolute atomic E-state index is 12.2. The zero-order valence-corrected chi connectivity index (χ0v) is 12.8. The van der Waals surface area contributed by atoms with Crippen LogP contribution < -0.4 is 5.32 Å². The Morgan fingerprint density at radius 1 is 1.20 bits per heavy atom. The number of carbonyl (C=O) groups excluding carboxylic acids is 2. The minimum Gasteiger partial charge on any atom is -0.375 e. The minimum atomic E-state index is 0.00458. The molecule has 2 amide bonds. The molecule has 6 nitrogen and oxygen atoms in total. The van der Waals surface area contributed by atoms with Crippen LogP contribution in [0.2, 0.25) is 0 Å². The maximum Gasteiger partial charge on any atom is 0.248 e. The van der Waals surface area contributed by atoms with Crippen molar-refractivity contribution in [2.24, 2.45) is 0 Å². The molecule has 7 heteroatoms. The number of nitrogens with zero attached hydrogens (tertiary/aromatic N) is 2. The highest BCUT2D eigenvalue weighted by Gasteiger charge is 2.26. The van der Waals surface area contributed by atoms with Crippen molar-refractivity contribution in [3.63, 3.8) is 0 Å². The van der Waals surface area contributed by atoms with E-state index < -0.39 is 0 Å². The first kappa shape index (κ1) is 15.6. The van der Waals surface area contributed by atoms with Crippen LogP contribution in [0, 0.1) is 0 Å². The molecule has 2 heterocycles. The van der Waals surface area contributed by atoms with Gasteiger partial charge in [0, 0.05) is 63.8 Å². The second kappa shape index (κ2) is 7.85. The van der Waals surface area contributed by atoms with Crippen LogP contribution in [0.25, 0.3) is 0 Å². The number of ether oxygens (including phenoxy) is 1. The van der Waals surface area contributed by atoms with Crippen molar-refractivity contribution < 1.29 is 14.3 Å². The fraction of sp³-hybridized carbons (Fsp3) is 0.846. The number of piperazine rings is 1. The minimum absolute atomic E-state index is 0.00458. The third-order valence-corrected chi connectivity index (χ3v) is 4.80. The summed E-state index contributed by atoms with van der Waals surface area (Å²) in [5.74, 6) is 2.34. The standard InChI is InChI=1S/C13H23N3O3S/c1-19-9-13(18)16-5-3-15(4-6-16)12(17)8-11-10-20-7-2-14-11/h11,14H,2-10H2,1H3. The number of hydrogen-bond acceptors (Lipinski definition) is 5. The van der Waals surface area contributed by atoms with E-state index in [1.165, 1.54) is 7.11 Å². The van der Waals surface area contributed by atoms with Crippen molar-refractivity contribution in [2.45, 2.75) is 12.5 Å². The molecule has 114 valence electrons. The first-order valence-corrected chi connectivity index (χ1v) is 8.22. The van der Waals surface area contributed by atoms with E-state index in [9.17, 15) is 9.59 Å². The largest absolute Gasteiger partial charge is 0.375 e. The van der Waals surface area contributed by atoms with Crippen LogP contribution in [0.1, 0.15) is 6.42 Å². The molecule has 0 aromatic heterocycles. The molecule has 0 aromatic carbocycles. The predicted octanol–water partition coefficient (Wildman–Crippen LogP) is -0.601. The van der Waals surface area contributed by atoms with E-state index in [-0.39, 0.29) is 18.4 Å². The van der Waals surface area contributed by atoms with Gasteiger partial charge in [0.2, 0.25) is 11.8 Å². The van der Waals surface area contributed by atoms with Crippen molar-refractivity contribution >= 4 is 23.6 Å². The number of nitrogens with one attached hydrogen (secondary N) is 1. The van der Waals surface area contributed by atoms with Crippen molar-refractivity contribution in [3.8, 4) is 0 Å². The Morgan fingerprint density at radius 3 is 2.40 bits per heavy atom. The third kappa shape index (κ3) is 4.36. The average Bonchev–Trinajstić information content (AvgIpc) is 2.48. The summed E-state index contributed by atoms with van der Waals surface area (Å²) in [6.07, 6.45) is 0.568. The van der Waals surface area contributed by atoms with Crippen LogP contribution in [-0.4, -0.2) is 85.6 Å². The van der Waals surface area contributed by atoms with Crippen LogP contribution in [0.15, 0.2) is 0 Å². The van der Waals surface area contributed by atoms with E-state index in [0.29, 0.717) is 38.6 Å². The normalized spacial score (nSPS) is 23.8. The first-order chi connectivity index (χ1) is 9.70. The van der Waals surface area contributed by atoms with E-state index in [0.717, 1.165) is 18.1 Å². The topological polar surface area (TPSA) is 61.9 Å². The molecule has 2 rings (SSSR count). The van der Waals surface area contributed by atoms with Crippen molar-refractivity contribution in [3.05, 3.63) is 0 Å². The van der Waals surface area contributed by atoms with Gasteiger partial charge >= 0.3 is 0 Å². The molecule has 2 aliphatic heterocycles. The summed E-state index contributed by atoms with van der Waals surface area (Å²) in [5, 5.41) is 3.38. The van der Waals surface area contributed by atoms with Crippen molar-refractivity contribution in [2.75, 3.05) is 57.9 Å². The lowest BCUT2D eigenvalue weighted by Crippen LogP contribution is -2.52. The van der Waals surface area contributed by atoms with Gasteiger partial charge < -0.3 is 19.9 Å². The van der Waals surface area contributed by atoms with Gasteiger partial charge in [0.05, 0.1) is 0 Å². The molecule has 1 unspecified atom stereocenters. The molecule has 20 heavy (non-hydrogen) atoms. The lowest BCUT2D eigenvalue weighted by molar-refractivity contribution is -0.142. The summed E-state index contributed by atoms with van der Waals surface area (Å²) in [5.41, 5.74) is 0. The molecule has 0 spiro atoms. The summed E-state index contributed by atoms with van der Waals surface area (Å²) < 4.78 is 4.85. The van der Waals surface area contributed by atoms with E-state index in [1.807, 2.05) is 16.7 Å². The van der Waals surface area contributed by atoms with Crippen LogP contribution in [0.3, 0.4) is 0 Å². The number of carbonyl (C=O) groups is 2. The van der Waals surface area contributed by atoms with Crippen LogP contribution in [0.4, 0.5) is 0 Å². The van der Waals surface area contributed by atoms with Gasteiger partial charge in [-0.1, -0.05) is 0 Å². The van der Waals surface area contributed by atoms with Gasteiger partial charge in [-0.25, -0.2) is 0 Å². The van der Waals surface area contributed by atoms with Gasteiger partial charge in [-0.3, -0.25) is 9.59 Å². The Bertz CT molecular complexity index is 340. The number of hydrogen-bond donors (Lipinski definition) is 1. The van der Waals surface area contributed by atoms with Gasteiger partial charge in [0.15, 0.2) is 0 Å². The molecular formula is C13H23N3O3S. The lowest BCUT2D eigenvalue weighted by Gasteiger charge is -2.35. The van der Waals surface area contributed by atoms with Crippen LogP contribution >= 0.6 is 11.8 Å². The number of methoxy groups -OCH3 is 1. The maximum atomic E-state index is 12.2. The molecular weight excluding hydrogens is 278 g/mol. The molecule has 2 fully saturated rings. The van der Waals surface area contributed by atoms with Gasteiger partial charge in [-0.05, 0) is 0 Å². The van der Waals surface area contributed by atoms with E-state index in [2.05, 4.69) is 5.32 Å². The first-order valence-electron chi connectivity index (χ1n) is 7.06. The quantitative estimate of drug-likeness (QED) is 0.751. The Kier molecular flexibility index (Phi) is 6.12.